The molecule has 0 saturated carbocycles. The van der Waals surface area contributed by atoms with Crippen molar-refractivity contribution in [1.82, 2.24) is 0 Å². The molecule has 4 heteroatoms. The molecule has 1 aromatic carbocycles. The van der Waals surface area contributed by atoms with Gasteiger partial charge < -0.3 is 14.2 Å². The van der Waals surface area contributed by atoms with Gasteiger partial charge in [0.2, 0.25) is 0 Å². The number of benzene rings is 1. The fourth-order valence-corrected chi connectivity index (χ4v) is 2.89. The third kappa shape index (κ3) is 2.05. The van der Waals surface area contributed by atoms with Crippen molar-refractivity contribution < 1.29 is 18.6 Å². The predicted molar refractivity (Wildman–Crippen MR) is 63.7 cm³/mol. The van der Waals surface area contributed by atoms with Crippen molar-refractivity contribution in [2.24, 2.45) is 0 Å². The first-order chi connectivity index (χ1) is 8.79. The van der Waals surface area contributed by atoms with E-state index >= 15 is 0 Å². The zero-order chi connectivity index (χ0) is 12.5. The van der Waals surface area contributed by atoms with Crippen molar-refractivity contribution in [1.29, 1.82) is 0 Å². The lowest BCUT2D eigenvalue weighted by Crippen LogP contribution is -2.40. The van der Waals surface area contributed by atoms with Crippen LogP contribution in [0.2, 0.25) is 0 Å². The van der Waals surface area contributed by atoms with Gasteiger partial charge in [0.15, 0.2) is 0 Å². The highest BCUT2D eigenvalue weighted by Gasteiger charge is 2.50. The maximum absolute atomic E-state index is 13.5. The smallest absolute Gasteiger partial charge is 0.128 e. The van der Waals surface area contributed by atoms with Gasteiger partial charge in [0.05, 0.1) is 18.8 Å². The van der Waals surface area contributed by atoms with Gasteiger partial charge in [-0.2, -0.15) is 0 Å². The molecule has 4 atom stereocenters. The number of hydrogen-bond donors (Lipinski definition) is 0. The van der Waals surface area contributed by atoms with Gasteiger partial charge in [-0.05, 0) is 18.9 Å². The van der Waals surface area contributed by atoms with Crippen LogP contribution < -0.4 is 0 Å². The molecule has 98 valence electrons. The summed E-state index contributed by atoms with van der Waals surface area (Å²) in [4.78, 5) is 0. The van der Waals surface area contributed by atoms with E-state index in [0.29, 0.717) is 5.56 Å². The Hall–Kier alpha value is -0.970. The lowest BCUT2D eigenvalue weighted by Gasteiger charge is -2.26. The zero-order valence-corrected chi connectivity index (χ0v) is 10.3. The Morgan fingerprint density at radius 3 is 2.67 bits per heavy atom. The minimum Gasteiger partial charge on any atom is -0.376 e. The summed E-state index contributed by atoms with van der Waals surface area (Å²) in [6.07, 6.45) is 2.19. The largest absolute Gasteiger partial charge is 0.376 e. The van der Waals surface area contributed by atoms with E-state index in [2.05, 4.69) is 0 Å². The minimum atomic E-state index is -0.226. The Morgan fingerprint density at radius 2 is 1.94 bits per heavy atom. The third-order valence-corrected chi connectivity index (χ3v) is 3.80. The fourth-order valence-electron chi connectivity index (χ4n) is 2.89. The van der Waals surface area contributed by atoms with Crippen LogP contribution in [0.3, 0.4) is 0 Å². The second-order valence-corrected chi connectivity index (χ2v) is 4.86. The molecule has 4 unspecified atom stereocenters. The van der Waals surface area contributed by atoms with Gasteiger partial charge in [-0.3, -0.25) is 0 Å². The Kier molecular flexibility index (Phi) is 3.33. The highest BCUT2D eigenvalue weighted by molar-refractivity contribution is 5.16. The second-order valence-electron chi connectivity index (χ2n) is 4.86. The maximum Gasteiger partial charge on any atom is 0.128 e. The summed E-state index contributed by atoms with van der Waals surface area (Å²) < 4.78 is 30.5. The summed E-state index contributed by atoms with van der Waals surface area (Å²) in [7, 11) is 1.67. The van der Waals surface area contributed by atoms with Gasteiger partial charge >= 0.3 is 0 Å². The van der Waals surface area contributed by atoms with Crippen molar-refractivity contribution in [3.05, 3.63) is 35.6 Å². The van der Waals surface area contributed by atoms with Crippen molar-refractivity contribution in [2.45, 2.75) is 43.9 Å². The van der Waals surface area contributed by atoms with Crippen LogP contribution in [-0.2, 0) is 20.8 Å². The Morgan fingerprint density at radius 1 is 1.22 bits per heavy atom. The molecule has 2 aliphatic rings. The lowest BCUT2D eigenvalue weighted by molar-refractivity contribution is -0.0685. The number of rotatable bonds is 4. The highest BCUT2D eigenvalue weighted by Crippen LogP contribution is 2.38. The van der Waals surface area contributed by atoms with Crippen molar-refractivity contribution >= 4 is 0 Å². The molecule has 2 aliphatic heterocycles. The first-order valence-corrected chi connectivity index (χ1v) is 6.33. The second kappa shape index (κ2) is 4.96. The average molecular weight is 252 g/mol. The van der Waals surface area contributed by atoms with Crippen LogP contribution in [0.5, 0.6) is 0 Å². The van der Waals surface area contributed by atoms with E-state index in [9.17, 15) is 4.39 Å². The van der Waals surface area contributed by atoms with E-state index in [1.807, 2.05) is 6.07 Å². The molecule has 0 aliphatic carbocycles. The van der Waals surface area contributed by atoms with Gasteiger partial charge in [-0.25, -0.2) is 4.39 Å². The van der Waals surface area contributed by atoms with Crippen LogP contribution in [0.25, 0.3) is 0 Å². The molecule has 2 fully saturated rings. The van der Waals surface area contributed by atoms with Crippen LogP contribution in [0, 0.1) is 5.82 Å². The summed E-state index contributed by atoms with van der Waals surface area (Å²) >= 11 is 0. The molecule has 0 amide bonds. The van der Waals surface area contributed by atoms with Gasteiger partial charge in [-0.1, -0.05) is 18.2 Å². The molecule has 2 bridgehead atoms. The summed E-state index contributed by atoms with van der Waals surface area (Å²) in [5.41, 5.74) is 0.579. The summed E-state index contributed by atoms with van der Waals surface area (Å²) in [6, 6.07) is 6.68. The number of halogens is 1. The summed E-state index contributed by atoms with van der Waals surface area (Å²) in [5.74, 6) is -0.226. The molecular formula is C14H17FO3. The molecular weight excluding hydrogens is 235 g/mol. The van der Waals surface area contributed by atoms with Gasteiger partial charge in [0.1, 0.15) is 18.0 Å². The first-order valence-electron chi connectivity index (χ1n) is 6.33. The Labute approximate surface area is 106 Å². The van der Waals surface area contributed by atoms with Crippen LogP contribution in [0.4, 0.5) is 4.39 Å². The Balaban J connectivity index is 1.65. The molecule has 0 N–H and O–H groups in total. The van der Waals surface area contributed by atoms with E-state index < -0.39 is 0 Å². The summed E-state index contributed by atoms with van der Waals surface area (Å²) in [5, 5.41) is 0. The molecule has 2 heterocycles. The predicted octanol–water partition coefficient (Wildman–Crippen LogP) is 2.29. The number of ether oxygens (including phenoxy) is 3. The van der Waals surface area contributed by atoms with Crippen molar-refractivity contribution in [2.75, 3.05) is 7.11 Å². The molecule has 1 aromatic rings. The standard InChI is InChI=1S/C14H17FO3/c1-16-13-11-6-7-12(18-11)14(13)17-8-9-4-2-3-5-10(9)15/h2-5,11-14H,6-8H2,1H3. The zero-order valence-electron chi connectivity index (χ0n) is 10.3. The van der Waals surface area contributed by atoms with Gasteiger partial charge in [0, 0.05) is 12.7 Å². The molecule has 0 radical (unpaired) electrons. The quantitative estimate of drug-likeness (QED) is 0.823. The minimum absolute atomic E-state index is 0.0180. The molecule has 2 saturated heterocycles. The SMILES string of the molecule is COC1C2CCC(O2)C1OCc1ccccc1F. The van der Waals surface area contributed by atoms with Gasteiger partial charge in [-0.15, -0.1) is 0 Å². The number of fused-ring (bicyclic) bond motifs is 2. The first kappa shape index (κ1) is 12.1. The molecule has 0 spiro atoms. The molecule has 0 aromatic heterocycles. The van der Waals surface area contributed by atoms with E-state index in [-0.39, 0.29) is 36.8 Å². The monoisotopic (exact) mass is 252 g/mol. The van der Waals surface area contributed by atoms with Crippen LogP contribution in [0.15, 0.2) is 24.3 Å². The van der Waals surface area contributed by atoms with Crippen LogP contribution in [0.1, 0.15) is 18.4 Å². The van der Waals surface area contributed by atoms with Gasteiger partial charge in [0.25, 0.3) is 0 Å². The molecule has 18 heavy (non-hydrogen) atoms. The van der Waals surface area contributed by atoms with Crippen molar-refractivity contribution in [3.63, 3.8) is 0 Å². The summed E-state index contributed by atoms with van der Waals surface area (Å²) in [6.45, 7) is 0.268. The van der Waals surface area contributed by atoms with E-state index in [1.54, 1.807) is 19.2 Å². The van der Waals surface area contributed by atoms with Crippen LogP contribution >= 0.6 is 0 Å². The van der Waals surface area contributed by atoms with E-state index in [0.717, 1.165) is 12.8 Å². The van der Waals surface area contributed by atoms with E-state index in [4.69, 9.17) is 14.2 Å². The maximum atomic E-state index is 13.5. The normalized spacial score (nSPS) is 34.1. The third-order valence-electron chi connectivity index (χ3n) is 3.80. The lowest BCUT2D eigenvalue weighted by atomic mass is 9.94. The molecule has 3 nitrogen and oxygen atoms in total. The Bertz CT molecular complexity index is 423. The fraction of sp³-hybridized carbons (Fsp3) is 0.571. The topological polar surface area (TPSA) is 27.7 Å². The molecule has 3 rings (SSSR count). The number of methoxy groups -OCH3 is 1. The van der Waals surface area contributed by atoms with E-state index in [1.165, 1.54) is 6.07 Å². The average Bonchev–Trinajstić information content (AvgIpc) is 2.98. The highest BCUT2D eigenvalue weighted by atomic mass is 19.1. The number of hydrogen-bond acceptors (Lipinski definition) is 3. The van der Waals surface area contributed by atoms with Crippen molar-refractivity contribution in [3.8, 4) is 0 Å². The van der Waals surface area contributed by atoms with Crippen LogP contribution in [-0.4, -0.2) is 31.5 Å².